The van der Waals surface area contributed by atoms with Gasteiger partial charge in [-0.05, 0) is 30.5 Å². The molecule has 24 heavy (non-hydrogen) atoms. The van der Waals surface area contributed by atoms with Crippen molar-refractivity contribution in [3.05, 3.63) is 60.8 Å². The zero-order valence-corrected chi connectivity index (χ0v) is 13.4. The molecule has 124 valence electrons. The second-order valence-corrected chi connectivity index (χ2v) is 5.65. The third-order valence-corrected chi connectivity index (χ3v) is 3.96. The molecule has 3 nitrogen and oxygen atoms in total. The summed E-state index contributed by atoms with van der Waals surface area (Å²) in [6.07, 6.45) is -1.05. The summed E-state index contributed by atoms with van der Waals surface area (Å²) in [5, 5.41) is 0.748. The molecule has 0 spiro atoms. The van der Waals surface area contributed by atoms with Crippen LogP contribution in [0.15, 0.2) is 66.0 Å². The van der Waals surface area contributed by atoms with Crippen molar-refractivity contribution >= 4 is 11.8 Å². The highest BCUT2D eigenvalue weighted by Gasteiger charge is 2.31. The minimum absolute atomic E-state index is 0.252. The Balaban J connectivity index is 2.01. The number of imidazole rings is 1. The molecule has 3 aromatic rings. The average molecular weight is 350 g/mol. The Morgan fingerprint density at radius 1 is 1.00 bits per heavy atom. The van der Waals surface area contributed by atoms with Crippen molar-refractivity contribution in [2.45, 2.75) is 11.5 Å². The Bertz CT molecular complexity index is 814. The lowest BCUT2D eigenvalue weighted by molar-refractivity contribution is -0.274. The Kier molecular flexibility index (Phi) is 4.53. The van der Waals surface area contributed by atoms with Crippen molar-refractivity contribution < 1.29 is 17.9 Å². The van der Waals surface area contributed by atoms with Gasteiger partial charge in [0.05, 0.1) is 11.9 Å². The first-order chi connectivity index (χ1) is 11.5. The summed E-state index contributed by atoms with van der Waals surface area (Å²) < 4.78 is 42.7. The molecule has 0 aliphatic rings. The second-order valence-electron chi connectivity index (χ2n) is 4.87. The molecule has 7 heteroatoms. The monoisotopic (exact) mass is 350 g/mol. The van der Waals surface area contributed by atoms with E-state index in [1.54, 1.807) is 18.3 Å². The predicted molar refractivity (Wildman–Crippen MR) is 87.5 cm³/mol. The first-order valence-corrected chi connectivity index (χ1v) is 8.24. The predicted octanol–water partition coefficient (Wildman–Crippen LogP) is 5.16. The van der Waals surface area contributed by atoms with Crippen LogP contribution in [0.25, 0.3) is 16.9 Å². The normalized spacial score (nSPS) is 11.5. The smallest absolute Gasteiger partial charge is 0.406 e. The van der Waals surface area contributed by atoms with E-state index in [0.717, 1.165) is 16.4 Å². The molecule has 0 saturated carbocycles. The van der Waals surface area contributed by atoms with Crippen molar-refractivity contribution in [1.29, 1.82) is 0 Å². The highest BCUT2D eigenvalue weighted by Crippen LogP contribution is 2.30. The van der Waals surface area contributed by atoms with E-state index in [9.17, 15) is 13.2 Å². The van der Waals surface area contributed by atoms with Crippen LogP contribution in [0.2, 0.25) is 0 Å². The first kappa shape index (κ1) is 16.4. The molecule has 1 aromatic heterocycles. The van der Waals surface area contributed by atoms with E-state index in [-0.39, 0.29) is 5.75 Å². The minimum Gasteiger partial charge on any atom is -0.406 e. The molecular formula is C17H13F3N2OS. The molecule has 0 amide bonds. The van der Waals surface area contributed by atoms with Gasteiger partial charge < -0.3 is 4.74 Å². The van der Waals surface area contributed by atoms with Gasteiger partial charge in [-0.15, -0.1) is 13.2 Å². The van der Waals surface area contributed by atoms with Gasteiger partial charge in [-0.1, -0.05) is 42.1 Å². The molecule has 2 aromatic carbocycles. The third kappa shape index (κ3) is 3.56. The van der Waals surface area contributed by atoms with Gasteiger partial charge in [-0.25, -0.2) is 4.98 Å². The lowest BCUT2D eigenvalue weighted by Gasteiger charge is -2.13. The maximum absolute atomic E-state index is 12.3. The standard InChI is InChI=1S/C17H13F3N2OS/c1-24-16-21-11-15(12-5-3-2-4-6-12)22(16)13-7-9-14(10-8-13)23-17(18,19)20/h2-11H,1H3. The van der Waals surface area contributed by atoms with Crippen LogP contribution >= 0.6 is 11.8 Å². The summed E-state index contributed by atoms with van der Waals surface area (Å²) in [4.78, 5) is 4.38. The van der Waals surface area contributed by atoms with Crippen LogP contribution in [0.5, 0.6) is 5.75 Å². The number of nitrogens with zero attached hydrogens (tertiary/aromatic N) is 2. The number of thioether (sulfide) groups is 1. The number of ether oxygens (including phenoxy) is 1. The van der Waals surface area contributed by atoms with Gasteiger partial charge in [-0.3, -0.25) is 4.57 Å². The molecule has 0 atom stereocenters. The largest absolute Gasteiger partial charge is 0.573 e. The number of benzene rings is 2. The summed E-state index contributed by atoms with van der Waals surface area (Å²) in [5.41, 5.74) is 2.55. The van der Waals surface area contributed by atoms with E-state index in [2.05, 4.69) is 9.72 Å². The van der Waals surface area contributed by atoms with E-state index < -0.39 is 6.36 Å². The van der Waals surface area contributed by atoms with Crippen LogP contribution < -0.4 is 4.74 Å². The van der Waals surface area contributed by atoms with Gasteiger partial charge in [0.15, 0.2) is 5.16 Å². The van der Waals surface area contributed by atoms with Crippen LogP contribution in [0.1, 0.15) is 0 Å². The van der Waals surface area contributed by atoms with Crippen LogP contribution in [-0.2, 0) is 0 Å². The highest BCUT2D eigenvalue weighted by molar-refractivity contribution is 7.98. The van der Waals surface area contributed by atoms with E-state index in [1.165, 1.54) is 23.9 Å². The van der Waals surface area contributed by atoms with Crippen molar-refractivity contribution in [1.82, 2.24) is 9.55 Å². The number of rotatable bonds is 4. The minimum atomic E-state index is -4.70. The van der Waals surface area contributed by atoms with E-state index in [4.69, 9.17) is 0 Å². The third-order valence-electron chi connectivity index (χ3n) is 3.31. The lowest BCUT2D eigenvalue weighted by Crippen LogP contribution is -2.17. The van der Waals surface area contributed by atoms with E-state index >= 15 is 0 Å². The van der Waals surface area contributed by atoms with Gasteiger partial charge in [0.25, 0.3) is 0 Å². The van der Waals surface area contributed by atoms with Gasteiger partial charge in [-0.2, -0.15) is 0 Å². The molecule has 0 fully saturated rings. The maximum Gasteiger partial charge on any atom is 0.573 e. The van der Waals surface area contributed by atoms with Gasteiger partial charge in [0.1, 0.15) is 5.75 Å². The number of aromatic nitrogens is 2. The van der Waals surface area contributed by atoms with Crippen LogP contribution in [-0.4, -0.2) is 22.2 Å². The number of hydrogen-bond donors (Lipinski definition) is 0. The summed E-state index contributed by atoms with van der Waals surface area (Å²) in [6, 6.07) is 15.4. The van der Waals surface area contributed by atoms with Gasteiger partial charge in [0.2, 0.25) is 0 Å². The van der Waals surface area contributed by atoms with Crippen molar-refractivity contribution in [2.24, 2.45) is 0 Å². The number of halogens is 3. The highest BCUT2D eigenvalue weighted by atomic mass is 32.2. The lowest BCUT2D eigenvalue weighted by atomic mass is 10.1. The second kappa shape index (κ2) is 6.60. The Morgan fingerprint density at radius 3 is 2.25 bits per heavy atom. The van der Waals surface area contributed by atoms with Crippen molar-refractivity contribution in [2.75, 3.05) is 6.26 Å². The average Bonchev–Trinajstić information content (AvgIpc) is 2.99. The Morgan fingerprint density at radius 2 is 1.67 bits per heavy atom. The number of alkyl halides is 3. The van der Waals surface area contributed by atoms with E-state index in [1.807, 2.05) is 41.2 Å². The molecule has 0 unspecified atom stereocenters. The van der Waals surface area contributed by atoms with Crippen LogP contribution in [0.3, 0.4) is 0 Å². The van der Waals surface area contributed by atoms with Gasteiger partial charge in [0, 0.05) is 11.3 Å². The molecule has 0 N–H and O–H groups in total. The molecule has 0 aliphatic heterocycles. The van der Waals surface area contributed by atoms with Crippen molar-refractivity contribution in [3.63, 3.8) is 0 Å². The molecule has 0 saturated heterocycles. The fourth-order valence-electron chi connectivity index (χ4n) is 2.34. The molecule has 0 aliphatic carbocycles. The zero-order chi connectivity index (χ0) is 17.2. The number of hydrogen-bond acceptors (Lipinski definition) is 3. The Labute approximate surface area is 141 Å². The SMILES string of the molecule is CSc1ncc(-c2ccccc2)n1-c1ccc(OC(F)(F)F)cc1. The summed E-state index contributed by atoms with van der Waals surface area (Å²) in [6.45, 7) is 0. The fraction of sp³-hybridized carbons (Fsp3) is 0.118. The summed E-state index contributed by atoms with van der Waals surface area (Å²) in [7, 11) is 0. The van der Waals surface area contributed by atoms with Gasteiger partial charge >= 0.3 is 6.36 Å². The van der Waals surface area contributed by atoms with E-state index in [0.29, 0.717) is 5.69 Å². The summed E-state index contributed by atoms with van der Waals surface area (Å²) >= 11 is 1.46. The maximum atomic E-state index is 12.3. The zero-order valence-electron chi connectivity index (χ0n) is 12.6. The molecular weight excluding hydrogens is 337 g/mol. The topological polar surface area (TPSA) is 27.1 Å². The molecule has 0 radical (unpaired) electrons. The first-order valence-electron chi connectivity index (χ1n) is 7.01. The fourth-order valence-corrected chi connectivity index (χ4v) is 2.88. The van der Waals surface area contributed by atoms with Crippen LogP contribution in [0, 0.1) is 0 Å². The molecule has 0 bridgehead atoms. The summed E-state index contributed by atoms with van der Waals surface area (Å²) in [5.74, 6) is -0.252. The van der Waals surface area contributed by atoms with Crippen molar-refractivity contribution in [3.8, 4) is 22.7 Å². The van der Waals surface area contributed by atoms with Crippen LogP contribution in [0.4, 0.5) is 13.2 Å². The molecule has 3 rings (SSSR count). The quantitative estimate of drug-likeness (QED) is 0.608. The molecule has 1 heterocycles. The Hall–Kier alpha value is -2.41.